The second-order valence-corrected chi connectivity index (χ2v) is 6.39. The third-order valence-electron chi connectivity index (χ3n) is 3.59. The molecule has 6 nitrogen and oxygen atoms in total. The molecule has 1 fully saturated rings. The molecular formula is C13H19N3O3S. The maximum absolute atomic E-state index is 12.3. The summed E-state index contributed by atoms with van der Waals surface area (Å²) in [5.74, 6) is -1.30. The smallest absolute Gasteiger partial charge is 0.320 e. The van der Waals surface area contributed by atoms with Gasteiger partial charge in [-0.25, -0.2) is 9.78 Å². The van der Waals surface area contributed by atoms with Gasteiger partial charge in [-0.15, -0.1) is 11.3 Å². The van der Waals surface area contributed by atoms with Crippen molar-refractivity contribution in [2.24, 2.45) is 11.8 Å². The molecule has 110 valence electrons. The van der Waals surface area contributed by atoms with E-state index in [1.54, 1.807) is 28.2 Å². The topological polar surface area (TPSA) is 73.7 Å². The molecule has 7 heteroatoms. The molecule has 1 aliphatic heterocycles. The second-order valence-electron chi connectivity index (χ2n) is 5.32. The Balaban J connectivity index is 1.96. The number of hydrogen-bond donors (Lipinski definition) is 1. The lowest BCUT2D eigenvalue weighted by molar-refractivity contribution is -0.142. The standard InChI is InChI=1S/C13H19N3O3S/c1-8-4-16(6-11(8)12(17)18)13(19)15(3)5-10-7-20-9(2)14-10/h7-8,11H,4-6H2,1-3H3,(H,17,18). The highest BCUT2D eigenvalue weighted by atomic mass is 32.1. The fourth-order valence-electron chi connectivity index (χ4n) is 2.48. The summed E-state index contributed by atoms with van der Waals surface area (Å²) in [5.41, 5.74) is 0.866. The highest BCUT2D eigenvalue weighted by molar-refractivity contribution is 7.09. The third kappa shape index (κ3) is 3.09. The molecular weight excluding hydrogens is 278 g/mol. The third-order valence-corrected chi connectivity index (χ3v) is 4.41. The minimum Gasteiger partial charge on any atom is -0.481 e. The van der Waals surface area contributed by atoms with Crippen molar-refractivity contribution in [2.75, 3.05) is 20.1 Å². The van der Waals surface area contributed by atoms with Crippen LogP contribution in [0.4, 0.5) is 4.79 Å². The van der Waals surface area contributed by atoms with Gasteiger partial charge in [0.2, 0.25) is 0 Å². The average molecular weight is 297 g/mol. The van der Waals surface area contributed by atoms with E-state index in [-0.39, 0.29) is 18.5 Å². The van der Waals surface area contributed by atoms with Crippen LogP contribution in [0.3, 0.4) is 0 Å². The highest BCUT2D eigenvalue weighted by Crippen LogP contribution is 2.24. The number of thiazole rings is 1. The zero-order valence-electron chi connectivity index (χ0n) is 11.9. The molecule has 0 aromatic carbocycles. The van der Waals surface area contributed by atoms with Crippen LogP contribution in [0.5, 0.6) is 0 Å². The van der Waals surface area contributed by atoms with Gasteiger partial charge in [0.25, 0.3) is 0 Å². The van der Waals surface area contributed by atoms with Gasteiger partial charge in [-0.3, -0.25) is 4.79 Å². The van der Waals surface area contributed by atoms with E-state index in [2.05, 4.69) is 4.98 Å². The molecule has 0 bridgehead atoms. The first-order chi connectivity index (χ1) is 9.38. The molecule has 0 spiro atoms. The predicted octanol–water partition coefficient (Wildman–Crippen LogP) is 1.66. The zero-order chi connectivity index (χ0) is 14.9. The summed E-state index contributed by atoms with van der Waals surface area (Å²) in [6, 6.07) is -0.133. The molecule has 2 amide bonds. The summed E-state index contributed by atoms with van der Waals surface area (Å²) in [5, 5.41) is 12.0. The quantitative estimate of drug-likeness (QED) is 0.920. The van der Waals surface area contributed by atoms with E-state index in [1.165, 1.54) is 0 Å². The maximum atomic E-state index is 12.3. The molecule has 1 saturated heterocycles. The first-order valence-electron chi connectivity index (χ1n) is 6.52. The SMILES string of the molecule is Cc1nc(CN(C)C(=O)N2CC(C)C(C(=O)O)C2)cs1. The first-order valence-corrected chi connectivity index (χ1v) is 7.40. The monoisotopic (exact) mass is 297 g/mol. The summed E-state index contributed by atoms with van der Waals surface area (Å²) in [7, 11) is 1.72. The number of amides is 2. The van der Waals surface area contributed by atoms with Crippen molar-refractivity contribution >= 4 is 23.3 Å². The van der Waals surface area contributed by atoms with E-state index in [1.807, 2.05) is 19.2 Å². The molecule has 0 saturated carbocycles. The Morgan fingerprint density at radius 3 is 2.75 bits per heavy atom. The van der Waals surface area contributed by atoms with E-state index in [4.69, 9.17) is 5.11 Å². The lowest BCUT2D eigenvalue weighted by atomic mass is 9.99. The van der Waals surface area contributed by atoms with Crippen molar-refractivity contribution in [2.45, 2.75) is 20.4 Å². The Labute approximate surface area is 122 Å². The minimum atomic E-state index is -0.828. The van der Waals surface area contributed by atoms with Gasteiger partial charge in [-0.1, -0.05) is 6.92 Å². The van der Waals surface area contributed by atoms with Crippen LogP contribution in [-0.4, -0.2) is 52.0 Å². The number of rotatable bonds is 3. The lowest BCUT2D eigenvalue weighted by Crippen LogP contribution is -2.40. The number of aromatic nitrogens is 1. The Bertz CT molecular complexity index is 517. The number of carboxylic acids is 1. The minimum absolute atomic E-state index is 0.00799. The molecule has 2 unspecified atom stereocenters. The van der Waals surface area contributed by atoms with Gasteiger partial charge in [0, 0.05) is 25.5 Å². The van der Waals surface area contributed by atoms with E-state index in [0.29, 0.717) is 13.1 Å². The molecule has 2 atom stereocenters. The van der Waals surface area contributed by atoms with E-state index in [9.17, 15) is 9.59 Å². The highest BCUT2D eigenvalue weighted by Gasteiger charge is 2.37. The molecule has 0 aliphatic carbocycles. The van der Waals surface area contributed by atoms with Crippen molar-refractivity contribution in [1.29, 1.82) is 0 Å². The fourth-order valence-corrected chi connectivity index (χ4v) is 3.08. The van der Waals surface area contributed by atoms with Crippen molar-refractivity contribution in [3.05, 3.63) is 16.1 Å². The van der Waals surface area contributed by atoms with Crippen LogP contribution in [0.15, 0.2) is 5.38 Å². The Morgan fingerprint density at radius 2 is 2.25 bits per heavy atom. The molecule has 20 heavy (non-hydrogen) atoms. The zero-order valence-corrected chi connectivity index (χ0v) is 12.7. The first kappa shape index (κ1) is 14.8. The number of likely N-dealkylation sites (tertiary alicyclic amines) is 1. The normalized spacial score (nSPS) is 22.1. The molecule has 1 aromatic heterocycles. The lowest BCUT2D eigenvalue weighted by Gasteiger charge is -2.24. The van der Waals surface area contributed by atoms with Gasteiger partial charge in [-0.05, 0) is 12.8 Å². The summed E-state index contributed by atoms with van der Waals surface area (Å²) in [4.78, 5) is 30.9. The van der Waals surface area contributed by atoms with Crippen molar-refractivity contribution in [3.8, 4) is 0 Å². The van der Waals surface area contributed by atoms with Crippen LogP contribution < -0.4 is 0 Å². The number of nitrogens with zero attached hydrogens (tertiary/aromatic N) is 3. The molecule has 1 aromatic rings. The number of hydrogen-bond acceptors (Lipinski definition) is 4. The molecule has 2 rings (SSSR count). The van der Waals surface area contributed by atoms with Crippen LogP contribution in [0.1, 0.15) is 17.6 Å². The van der Waals surface area contributed by atoms with Gasteiger partial charge in [-0.2, -0.15) is 0 Å². The number of aliphatic carboxylic acids is 1. The number of carbonyl (C=O) groups is 2. The average Bonchev–Trinajstić information content (AvgIpc) is 2.94. The molecule has 0 radical (unpaired) electrons. The maximum Gasteiger partial charge on any atom is 0.320 e. The van der Waals surface area contributed by atoms with E-state index >= 15 is 0 Å². The van der Waals surface area contributed by atoms with Crippen LogP contribution in [0, 0.1) is 18.8 Å². The van der Waals surface area contributed by atoms with Crippen LogP contribution in [0.2, 0.25) is 0 Å². The Hall–Kier alpha value is -1.63. The van der Waals surface area contributed by atoms with Gasteiger partial charge in [0.05, 0.1) is 23.2 Å². The predicted molar refractivity (Wildman–Crippen MR) is 75.6 cm³/mol. The van der Waals surface area contributed by atoms with Crippen molar-refractivity contribution in [3.63, 3.8) is 0 Å². The molecule has 2 heterocycles. The molecule has 1 aliphatic rings. The summed E-state index contributed by atoms with van der Waals surface area (Å²) in [6.07, 6.45) is 0. The second kappa shape index (κ2) is 5.78. The van der Waals surface area contributed by atoms with Crippen LogP contribution in [0.25, 0.3) is 0 Å². The van der Waals surface area contributed by atoms with Crippen molar-refractivity contribution < 1.29 is 14.7 Å². The van der Waals surface area contributed by atoms with Gasteiger partial charge in [0.1, 0.15) is 0 Å². The molecule has 1 N–H and O–H groups in total. The summed E-state index contributed by atoms with van der Waals surface area (Å²) < 4.78 is 0. The number of aryl methyl sites for hydroxylation is 1. The van der Waals surface area contributed by atoms with Gasteiger partial charge < -0.3 is 14.9 Å². The largest absolute Gasteiger partial charge is 0.481 e. The number of carbonyl (C=O) groups excluding carboxylic acids is 1. The van der Waals surface area contributed by atoms with Crippen molar-refractivity contribution in [1.82, 2.24) is 14.8 Å². The van der Waals surface area contributed by atoms with Crippen LogP contribution >= 0.6 is 11.3 Å². The van der Waals surface area contributed by atoms with Gasteiger partial charge in [0.15, 0.2) is 0 Å². The Kier molecular flexibility index (Phi) is 4.27. The van der Waals surface area contributed by atoms with E-state index < -0.39 is 11.9 Å². The van der Waals surface area contributed by atoms with E-state index in [0.717, 1.165) is 10.7 Å². The fraction of sp³-hybridized carbons (Fsp3) is 0.615. The summed E-state index contributed by atoms with van der Waals surface area (Å²) >= 11 is 1.55. The number of carboxylic acid groups (broad SMARTS) is 1. The van der Waals surface area contributed by atoms with Gasteiger partial charge >= 0.3 is 12.0 Å². The summed E-state index contributed by atoms with van der Waals surface area (Å²) in [6.45, 7) is 5.03. The Morgan fingerprint density at radius 1 is 1.55 bits per heavy atom. The van der Waals surface area contributed by atoms with Crippen LogP contribution in [-0.2, 0) is 11.3 Å². The number of urea groups is 1.